The normalized spacial score (nSPS) is 16.9. The Bertz CT molecular complexity index is 1250. The van der Waals surface area contributed by atoms with Gasteiger partial charge in [-0.3, -0.25) is 4.90 Å². The largest absolute Gasteiger partial charge is 0.352 e. The Hall–Kier alpha value is -2.77. The van der Waals surface area contributed by atoms with Crippen molar-refractivity contribution in [3.05, 3.63) is 59.0 Å². The highest BCUT2D eigenvalue weighted by atomic mass is 32.1. The first kappa shape index (κ1) is 20.8. The van der Waals surface area contributed by atoms with Crippen LogP contribution < -0.4 is 4.90 Å². The number of thiazole rings is 1. The fraction of sp³-hybridized carbons (Fsp3) is 0.423. The van der Waals surface area contributed by atoms with Crippen LogP contribution in [0.25, 0.3) is 21.6 Å². The minimum atomic E-state index is 1.01. The molecule has 0 saturated carbocycles. The van der Waals surface area contributed by atoms with Crippen molar-refractivity contribution in [3.8, 4) is 10.6 Å². The van der Waals surface area contributed by atoms with Crippen molar-refractivity contribution in [1.29, 1.82) is 0 Å². The van der Waals surface area contributed by atoms with E-state index in [1.54, 1.807) is 17.7 Å². The SMILES string of the molecule is Cc1cnc(-c2c3n(c4c(N5CCN(CCc6ccccc6)CC5)ncnc24)CCCC3)s1. The third kappa shape index (κ3) is 3.93. The molecule has 1 aromatic carbocycles. The summed E-state index contributed by atoms with van der Waals surface area (Å²) in [7, 11) is 0. The van der Waals surface area contributed by atoms with Crippen LogP contribution in [0, 0.1) is 6.92 Å². The van der Waals surface area contributed by atoms with Crippen LogP contribution in [0.4, 0.5) is 5.82 Å². The Labute approximate surface area is 198 Å². The Morgan fingerprint density at radius 3 is 2.58 bits per heavy atom. The van der Waals surface area contributed by atoms with Gasteiger partial charge < -0.3 is 9.47 Å². The van der Waals surface area contributed by atoms with Gasteiger partial charge in [0.15, 0.2) is 5.82 Å². The van der Waals surface area contributed by atoms with E-state index in [1.807, 2.05) is 6.20 Å². The van der Waals surface area contributed by atoms with Crippen LogP contribution in [0.2, 0.25) is 0 Å². The van der Waals surface area contributed by atoms with E-state index in [-0.39, 0.29) is 0 Å². The second-order valence-electron chi connectivity index (χ2n) is 9.17. The van der Waals surface area contributed by atoms with Gasteiger partial charge in [0.25, 0.3) is 0 Å². The lowest BCUT2D eigenvalue weighted by Gasteiger charge is -2.35. The number of fused-ring (bicyclic) bond motifs is 3. The molecule has 170 valence electrons. The molecule has 7 heteroatoms. The molecule has 2 aliphatic heterocycles. The third-order valence-electron chi connectivity index (χ3n) is 7.04. The standard InChI is InChI=1S/C26H30N6S/c1-19-17-27-26(33-19)22-21-9-5-6-11-32(21)24-23(22)28-18-29-25(24)31-15-13-30(14-16-31)12-10-20-7-3-2-4-8-20/h2-4,7-8,17-18H,5-6,9-16H2,1H3. The molecule has 3 aromatic heterocycles. The highest BCUT2D eigenvalue weighted by Gasteiger charge is 2.28. The maximum Gasteiger partial charge on any atom is 0.156 e. The molecule has 0 spiro atoms. The van der Waals surface area contributed by atoms with E-state index in [2.05, 4.69) is 51.6 Å². The molecule has 5 heterocycles. The number of aryl methyl sites for hydroxylation is 2. The van der Waals surface area contributed by atoms with E-state index in [0.29, 0.717) is 0 Å². The molecule has 0 unspecified atom stereocenters. The molecule has 0 aliphatic carbocycles. The van der Waals surface area contributed by atoms with Gasteiger partial charge in [0.1, 0.15) is 22.4 Å². The Balaban J connectivity index is 1.28. The summed E-state index contributed by atoms with van der Waals surface area (Å²) >= 11 is 1.77. The zero-order chi connectivity index (χ0) is 22.2. The molecule has 6 rings (SSSR count). The van der Waals surface area contributed by atoms with E-state index in [0.717, 1.165) is 68.5 Å². The van der Waals surface area contributed by atoms with Crippen molar-refractivity contribution < 1.29 is 0 Å². The first-order chi connectivity index (χ1) is 16.3. The first-order valence-corrected chi connectivity index (χ1v) is 12.9. The number of hydrogen-bond acceptors (Lipinski definition) is 6. The van der Waals surface area contributed by atoms with Crippen molar-refractivity contribution >= 4 is 28.2 Å². The molecule has 0 N–H and O–H groups in total. The Morgan fingerprint density at radius 1 is 0.939 bits per heavy atom. The fourth-order valence-electron chi connectivity index (χ4n) is 5.32. The van der Waals surface area contributed by atoms with Gasteiger partial charge in [0, 0.05) is 56.0 Å². The van der Waals surface area contributed by atoms with Crippen LogP contribution in [-0.4, -0.2) is 57.1 Å². The number of hydrogen-bond donors (Lipinski definition) is 0. The maximum absolute atomic E-state index is 4.83. The van der Waals surface area contributed by atoms with Gasteiger partial charge in [-0.25, -0.2) is 15.0 Å². The van der Waals surface area contributed by atoms with E-state index < -0.39 is 0 Å². The highest BCUT2D eigenvalue weighted by molar-refractivity contribution is 7.15. The Kier molecular flexibility index (Phi) is 5.60. The smallest absolute Gasteiger partial charge is 0.156 e. The van der Waals surface area contributed by atoms with E-state index in [9.17, 15) is 0 Å². The second kappa shape index (κ2) is 8.88. The van der Waals surface area contributed by atoms with Crippen LogP contribution in [0.15, 0.2) is 42.9 Å². The van der Waals surface area contributed by atoms with Gasteiger partial charge in [-0.15, -0.1) is 11.3 Å². The Morgan fingerprint density at radius 2 is 1.79 bits per heavy atom. The van der Waals surface area contributed by atoms with Crippen molar-refractivity contribution in [1.82, 2.24) is 24.4 Å². The molecule has 33 heavy (non-hydrogen) atoms. The number of aromatic nitrogens is 4. The van der Waals surface area contributed by atoms with Crippen molar-refractivity contribution in [2.24, 2.45) is 0 Å². The van der Waals surface area contributed by atoms with Gasteiger partial charge in [-0.1, -0.05) is 30.3 Å². The average Bonchev–Trinajstić information content (AvgIpc) is 3.44. The summed E-state index contributed by atoms with van der Waals surface area (Å²) in [6.07, 6.45) is 8.40. The van der Waals surface area contributed by atoms with Crippen LogP contribution in [0.1, 0.15) is 29.0 Å². The van der Waals surface area contributed by atoms with Gasteiger partial charge >= 0.3 is 0 Å². The molecule has 0 bridgehead atoms. The van der Waals surface area contributed by atoms with E-state index in [1.165, 1.54) is 40.1 Å². The number of anilines is 1. The third-order valence-corrected chi connectivity index (χ3v) is 7.97. The molecular formula is C26H30N6S. The molecule has 6 nitrogen and oxygen atoms in total. The number of piperazine rings is 1. The van der Waals surface area contributed by atoms with Gasteiger partial charge in [0.2, 0.25) is 0 Å². The average molecular weight is 459 g/mol. The summed E-state index contributed by atoms with van der Waals surface area (Å²) in [5.41, 5.74) is 6.36. The molecular weight excluding hydrogens is 428 g/mol. The minimum absolute atomic E-state index is 1.01. The fourth-order valence-corrected chi connectivity index (χ4v) is 6.15. The summed E-state index contributed by atoms with van der Waals surface area (Å²) < 4.78 is 2.50. The highest BCUT2D eigenvalue weighted by Crippen LogP contribution is 2.41. The van der Waals surface area contributed by atoms with Crippen molar-refractivity contribution in [2.75, 3.05) is 37.6 Å². The van der Waals surface area contributed by atoms with Crippen LogP contribution in [0.5, 0.6) is 0 Å². The zero-order valence-electron chi connectivity index (χ0n) is 19.2. The summed E-state index contributed by atoms with van der Waals surface area (Å²) in [6.45, 7) is 8.46. The summed E-state index contributed by atoms with van der Waals surface area (Å²) in [5.74, 6) is 1.10. The number of rotatable bonds is 5. The minimum Gasteiger partial charge on any atom is -0.352 e. The van der Waals surface area contributed by atoms with Crippen LogP contribution in [-0.2, 0) is 19.4 Å². The van der Waals surface area contributed by atoms with E-state index >= 15 is 0 Å². The lowest BCUT2D eigenvalue weighted by Crippen LogP contribution is -2.47. The summed E-state index contributed by atoms with van der Waals surface area (Å²) in [6, 6.07) is 10.8. The molecule has 0 radical (unpaired) electrons. The zero-order valence-corrected chi connectivity index (χ0v) is 20.0. The summed E-state index contributed by atoms with van der Waals surface area (Å²) in [5, 5.41) is 1.10. The second-order valence-corrected chi connectivity index (χ2v) is 10.4. The summed E-state index contributed by atoms with van der Waals surface area (Å²) in [4.78, 5) is 20.7. The lowest BCUT2D eigenvalue weighted by atomic mass is 10.1. The quantitative estimate of drug-likeness (QED) is 0.439. The maximum atomic E-state index is 4.83. The molecule has 0 amide bonds. The predicted molar refractivity (Wildman–Crippen MR) is 135 cm³/mol. The first-order valence-electron chi connectivity index (χ1n) is 12.1. The predicted octanol–water partition coefficient (Wildman–Crippen LogP) is 4.56. The van der Waals surface area contributed by atoms with E-state index in [4.69, 9.17) is 15.0 Å². The number of benzene rings is 1. The van der Waals surface area contributed by atoms with Crippen LogP contribution in [0.3, 0.4) is 0 Å². The molecule has 1 saturated heterocycles. The van der Waals surface area contributed by atoms with Gasteiger partial charge in [-0.2, -0.15) is 0 Å². The van der Waals surface area contributed by atoms with Crippen molar-refractivity contribution in [3.63, 3.8) is 0 Å². The molecule has 4 aromatic rings. The molecule has 1 fully saturated rings. The molecule has 2 aliphatic rings. The van der Waals surface area contributed by atoms with Crippen LogP contribution >= 0.6 is 11.3 Å². The topological polar surface area (TPSA) is 50.1 Å². The monoisotopic (exact) mass is 458 g/mol. The lowest BCUT2D eigenvalue weighted by molar-refractivity contribution is 0.260. The van der Waals surface area contributed by atoms with Gasteiger partial charge in [-0.05, 0) is 38.2 Å². The molecule has 0 atom stereocenters. The van der Waals surface area contributed by atoms with Gasteiger partial charge in [0.05, 0.1) is 5.56 Å². The van der Waals surface area contributed by atoms with Crippen molar-refractivity contribution in [2.45, 2.75) is 39.2 Å². The number of nitrogens with zero attached hydrogens (tertiary/aromatic N) is 6.